The number of nitrogens with one attached hydrogen (secondary N) is 2. The number of hydrogen-bond acceptors (Lipinski definition) is 3. The molecule has 2 aromatic carbocycles. The quantitative estimate of drug-likeness (QED) is 0.512. The molecule has 2 aromatic heterocycles. The number of hydrogen-bond donors (Lipinski definition) is 2. The van der Waals surface area contributed by atoms with E-state index in [0.717, 1.165) is 33.7 Å². The van der Waals surface area contributed by atoms with Gasteiger partial charge in [-0.1, -0.05) is 24.3 Å². The molecule has 2 saturated carbocycles. The fourth-order valence-electron chi connectivity index (χ4n) is 4.30. The summed E-state index contributed by atoms with van der Waals surface area (Å²) in [6, 6.07) is 17.2. The second kappa shape index (κ2) is 6.86. The third-order valence-corrected chi connectivity index (χ3v) is 5.98. The van der Waals surface area contributed by atoms with Crippen molar-refractivity contribution in [3.05, 3.63) is 60.2 Å². The van der Waals surface area contributed by atoms with Gasteiger partial charge in [0.1, 0.15) is 11.6 Å². The highest BCUT2D eigenvalue weighted by Crippen LogP contribution is 2.39. The molecule has 4 aromatic rings. The van der Waals surface area contributed by atoms with E-state index in [1.807, 2.05) is 36.4 Å². The number of amides is 2. The van der Waals surface area contributed by atoms with E-state index in [1.165, 1.54) is 25.7 Å². The average Bonchev–Trinajstić information content (AvgIpc) is 3.70. The largest absolute Gasteiger partial charge is 0.331 e. The van der Waals surface area contributed by atoms with Gasteiger partial charge in [-0.15, -0.1) is 0 Å². The Morgan fingerprint density at radius 1 is 0.767 bits per heavy atom. The van der Waals surface area contributed by atoms with Crippen LogP contribution >= 0.6 is 0 Å². The molecule has 0 saturated heterocycles. The van der Waals surface area contributed by atoms with E-state index in [2.05, 4.69) is 31.9 Å². The van der Waals surface area contributed by atoms with E-state index >= 15 is 0 Å². The van der Waals surface area contributed by atoms with Gasteiger partial charge in [0.15, 0.2) is 0 Å². The summed E-state index contributed by atoms with van der Waals surface area (Å²) in [6.45, 7) is 0.826. The lowest BCUT2D eigenvalue weighted by Crippen LogP contribution is -2.35. The van der Waals surface area contributed by atoms with Gasteiger partial charge in [0.25, 0.3) is 0 Å². The van der Waals surface area contributed by atoms with E-state index < -0.39 is 0 Å². The lowest BCUT2D eigenvalue weighted by atomic mass is 10.3. The van der Waals surface area contributed by atoms with E-state index in [4.69, 9.17) is 9.97 Å². The Bertz CT molecular complexity index is 1150. The van der Waals surface area contributed by atoms with Crippen LogP contribution in [-0.4, -0.2) is 25.1 Å². The molecule has 0 radical (unpaired) electrons. The van der Waals surface area contributed by atoms with Crippen molar-refractivity contribution in [3.63, 3.8) is 0 Å². The van der Waals surface area contributed by atoms with Crippen LogP contribution in [0.2, 0.25) is 0 Å². The molecule has 2 N–H and O–H groups in total. The van der Waals surface area contributed by atoms with Crippen molar-refractivity contribution >= 4 is 28.1 Å². The maximum atomic E-state index is 12.5. The zero-order valence-electron chi connectivity index (χ0n) is 16.7. The Morgan fingerprint density at radius 3 is 1.63 bits per heavy atom. The summed E-state index contributed by atoms with van der Waals surface area (Å²) in [5, 5.41) is 5.96. The normalized spacial score (nSPS) is 16.3. The van der Waals surface area contributed by atoms with Crippen LogP contribution in [-0.2, 0) is 13.1 Å². The molecule has 0 atom stereocenters. The van der Waals surface area contributed by atoms with E-state index in [9.17, 15) is 4.79 Å². The predicted octanol–water partition coefficient (Wildman–Crippen LogP) is 4.06. The zero-order valence-corrected chi connectivity index (χ0v) is 16.7. The van der Waals surface area contributed by atoms with Crippen LogP contribution in [0.3, 0.4) is 0 Å². The molecule has 2 aliphatic rings. The van der Waals surface area contributed by atoms with E-state index in [0.29, 0.717) is 25.2 Å². The Labute approximate surface area is 174 Å². The number of imidazole rings is 2. The summed E-state index contributed by atoms with van der Waals surface area (Å²) in [5.41, 5.74) is 4.27. The average molecular weight is 400 g/mol. The first-order valence-electron chi connectivity index (χ1n) is 10.7. The van der Waals surface area contributed by atoms with Gasteiger partial charge in [-0.3, -0.25) is 0 Å². The van der Waals surface area contributed by atoms with Crippen molar-refractivity contribution in [2.24, 2.45) is 0 Å². The van der Waals surface area contributed by atoms with E-state index in [-0.39, 0.29) is 6.03 Å². The first-order chi connectivity index (χ1) is 14.8. The molecular formula is C23H24N6O. The number of nitrogens with zero attached hydrogens (tertiary/aromatic N) is 4. The van der Waals surface area contributed by atoms with Gasteiger partial charge in [-0.2, -0.15) is 0 Å². The standard InChI is InChI=1S/C23H24N6O/c30-23(24-13-21-26-17-5-1-3-7-19(17)28(21)15-9-10-15)25-14-22-27-18-6-2-4-8-20(18)29(22)16-11-12-16/h1-8,15-16H,9-14H2,(H2,24,25,30). The number of carbonyl (C=O) groups excluding carboxylic acids is 1. The zero-order chi connectivity index (χ0) is 20.1. The molecular weight excluding hydrogens is 376 g/mol. The number of urea groups is 1. The second-order valence-electron chi connectivity index (χ2n) is 8.27. The second-order valence-corrected chi connectivity index (χ2v) is 8.27. The van der Waals surface area contributed by atoms with Crippen molar-refractivity contribution in [1.29, 1.82) is 0 Å². The Hall–Kier alpha value is -3.35. The lowest BCUT2D eigenvalue weighted by Gasteiger charge is -2.11. The number of rotatable bonds is 6. The molecule has 0 aliphatic heterocycles. The number of aromatic nitrogens is 4. The summed E-state index contributed by atoms with van der Waals surface area (Å²) in [7, 11) is 0. The van der Waals surface area contributed by atoms with Crippen molar-refractivity contribution in [2.75, 3.05) is 0 Å². The molecule has 7 heteroatoms. The molecule has 0 unspecified atom stereocenters. The van der Waals surface area contributed by atoms with Gasteiger partial charge in [0.05, 0.1) is 35.2 Å². The van der Waals surface area contributed by atoms with Crippen LogP contribution < -0.4 is 10.6 Å². The molecule has 152 valence electrons. The van der Waals surface area contributed by atoms with Crippen LogP contribution in [0, 0.1) is 0 Å². The van der Waals surface area contributed by atoms with Gasteiger partial charge < -0.3 is 19.8 Å². The molecule has 6 rings (SSSR count). The fraction of sp³-hybridized carbons (Fsp3) is 0.348. The number of fused-ring (bicyclic) bond motifs is 2. The summed E-state index contributed by atoms with van der Waals surface area (Å²) in [5.74, 6) is 1.83. The molecule has 30 heavy (non-hydrogen) atoms. The molecule has 2 heterocycles. The summed E-state index contributed by atoms with van der Waals surface area (Å²) in [6.07, 6.45) is 4.71. The predicted molar refractivity (Wildman–Crippen MR) is 115 cm³/mol. The minimum absolute atomic E-state index is 0.196. The van der Waals surface area contributed by atoms with Crippen molar-refractivity contribution in [3.8, 4) is 0 Å². The third-order valence-electron chi connectivity index (χ3n) is 5.98. The molecule has 2 fully saturated rings. The van der Waals surface area contributed by atoms with Gasteiger partial charge in [0.2, 0.25) is 0 Å². The van der Waals surface area contributed by atoms with Crippen LogP contribution in [0.25, 0.3) is 22.1 Å². The molecule has 7 nitrogen and oxygen atoms in total. The Kier molecular flexibility index (Phi) is 4.00. The monoisotopic (exact) mass is 400 g/mol. The smallest absolute Gasteiger partial charge is 0.315 e. The van der Waals surface area contributed by atoms with Crippen LogP contribution in [0.4, 0.5) is 4.79 Å². The number of benzene rings is 2. The van der Waals surface area contributed by atoms with Crippen molar-refractivity contribution in [1.82, 2.24) is 29.7 Å². The molecule has 2 amide bonds. The molecule has 2 aliphatic carbocycles. The van der Waals surface area contributed by atoms with Crippen LogP contribution in [0.5, 0.6) is 0 Å². The van der Waals surface area contributed by atoms with E-state index in [1.54, 1.807) is 0 Å². The number of para-hydroxylation sites is 4. The Balaban J connectivity index is 1.16. The third kappa shape index (κ3) is 3.10. The first kappa shape index (κ1) is 17.5. The van der Waals surface area contributed by atoms with Gasteiger partial charge >= 0.3 is 6.03 Å². The van der Waals surface area contributed by atoms with Crippen molar-refractivity contribution < 1.29 is 4.79 Å². The SMILES string of the molecule is O=C(NCc1nc2ccccc2n1C1CC1)NCc1nc2ccccc2n1C1CC1. The molecule has 0 spiro atoms. The minimum Gasteiger partial charge on any atom is -0.331 e. The van der Waals surface area contributed by atoms with Gasteiger partial charge in [0, 0.05) is 12.1 Å². The lowest BCUT2D eigenvalue weighted by molar-refractivity contribution is 0.239. The maximum absolute atomic E-state index is 12.5. The minimum atomic E-state index is -0.196. The first-order valence-corrected chi connectivity index (χ1v) is 10.7. The van der Waals surface area contributed by atoms with Gasteiger partial charge in [-0.05, 0) is 49.9 Å². The van der Waals surface area contributed by atoms with Gasteiger partial charge in [-0.25, -0.2) is 14.8 Å². The number of carbonyl (C=O) groups is 1. The highest BCUT2D eigenvalue weighted by Gasteiger charge is 2.29. The fourth-order valence-corrected chi connectivity index (χ4v) is 4.30. The summed E-state index contributed by atoms with van der Waals surface area (Å²) in [4.78, 5) is 22.0. The maximum Gasteiger partial charge on any atom is 0.315 e. The highest BCUT2D eigenvalue weighted by molar-refractivity contribution is 5.78. The summed E-state index contributed by atoms with van der Waals surface area (Å²) < 4.78 is 4.56. The van der Waals surface area contributed by atoms with Crippen LogP contribution in [0.1, 0.15) is 49.4 Å². The van der Waals surface area contributed by atoms with Crippen LogP contribution in [0.15, 0.2) is 48.5 Å². The summed E-state index contributed by atoms with van der Waals surface area (Å²) >= 11 is 0. The topological polar surface area (TPSA) is 76.8 Å². The van der Waals surface area contributed by atoms with Crippen molar-refractivity contribution in [2.45, 2.75) is 50.9 Å². The molecule has 0 bridgehead atoms. The highest BCUT2D eigenvalue weighted by atomic mass is 16.2. The Morgan fingerprint density at radius 2 is 1.20 bits per heavy atom.